The summed E-state index contributed by atoms with van der Waals surface area (Å²) in [5.41, 5.74) is 6.79. The molecule has 2 N–H and O–H groups in total. The summed E-state index contributed by atoms with van der Waals surface area (Å²) in [7, 11) is -3.79. The number of carbonyl (C=O) groups excluding carboxylic acids is 1. The van der Waals surface area contributed by atoms with Gasteiger partial charge in [0.25, 0.3) is 0 Å². The van der Waals surface area contributed by atoms with E-state index in [0.29, 0.717) is 11.3 Å². The molecule has 0 heterocycles. The topological polar surface area (TPSA) is 95.7 Å². The largest absolute Gasteiger partial charge is 0.482 e. The second-order valence-corrected chi connectivity index (χ2v) is 7.88. The predicted octanol–water partition coefficient (Wildman–Crippen LogP) is 2.62. The van der Waals surface area contributed by atoms with Crippen molar-refractivity contribution in [2.45, 2.75) is 30.0 Å². The molecule has 2 rings (SSSR count). The van der Waals surface area contributed by atoms with E-state index < -0.39 is 20.7 Å². The maximum atomic E-state index is 13.0. The van der Waals surface area contributed by atoms with Crippen LogP contribution in [0.5, 0.6) is 5.75 Å². The first-order chi connectivity index (χ1) is 12.3. The Bertz CT molecular complexity index is 834. The third-order valence-electron chi connectivity index (χ3n) is 4.06. The number of benzene rings is 2. The highest BCUT2D eigenvalue weighted by Crippen LogP contribution is 2.34. The van der Waals surface area contributed by atoms with Crippen molar-refractivity contribution in [3.05, 3.63) is 60.2 Å². The molecule has 26 heavy (non-hydrogen) atoms. The highest BCUT2D eigenvalue weighted by Gasteiger charge is 2.41. The molecule has 0 amide bonds. The van der Waals surface area contributed by atoms with Crippen molar-refractivity contribution in [2.24, 2.45) is 5.73 Å². The summed E-state index contributed by atoms with van der Waals surface area (Å²) in [6.45, 7) is 3.51. The highest BCUT2D eigenvalue weighted by atomic mass is 32.2. The number of rotatable bonds is 8. The molecule has 0 bridgehead atoms. The first-order valence-electron chi connectivity index (χ1n) is 8.32. The van der Waals surface area contributed by atoms with Gasteiger partial charge < -0.3 is 15.2 Å². The molecule has 6 nitrogen and oxygen atoms in total. The number of sulfone groups is 1. The molecule has 0 fully saturated rings. The third kappa shape index (κ3) is 4.05. The van der Waals surface area contributed by atoms with Gasteiger partial charge in [0.2, 0.25) is 9.84 Å². The molecule has 7 heteroatoms. The zero-order valence-electron chi connectivity index (χ0n) is 14.8. The molecule has 0 spiro atoms. The molecule has 0 saturated carbocycles. The molecule has 2 aromatic carbocycles. The molecular formula is C19H23NO5S. The first-order valence-corrected chi connectivity index (χ1v) is 9.81. The van der Waals surface area contributed by atoms with E-state index in [1.165, 1.54) is 12.1 Å². The van der Waals surface area contributed by atoms with Crippen LogP contribution >= 0.6 is 0 Å². The van der Waals surface area contributed by atoms with Gasteiger partial charge in [-0.3, -0.25) is 0 Å². The molecular weight excluding hydrogens is 354 g/mol. The Labute approximate surface area is 153 Å². The Balaban J connectivity index is 2.26. The summed E-state index contributed by atoms with van der Waals surface area (Å²) in [6, 6.07) is 14.5. The Morgan fingerprint density at radius 1 is 1.04 bits per heavy atom. The van der Waals surface area contributed by atoms with Gasteiger partial charge in [0.1, 0.15) is 10.6 Å². The molecule has 2 aromatic rings. The van der Waals surface area contributed by atoms with Gasteiger partial charge in [-0.05, 0) is 43.2 Å². The predicted molar refractivity (Wildman–Crippen MR) is 98.4 cm³/mol. The minimum absolute atomic E-state index is 0.173. The summed E-state index contributed by atoms with van der Waals surface area (Å²) in [5.74, 6) is -0.0395. The SMILES string of the molecule is CCOC(=O)COc1ccc(C(N)(CC)S(=O)(=O)c2ccccc2)cc1. The van der Waals surface area contributed by atoms with Crippen molar-refractivity contribution in [3.63, 3.8) is 0 Å². The van der Waals surface area contributed by atoms with Crippen LogP contribution < -0.4 is 10.5 Å². The van der Waals surface area contributed by atoms with E-state index in [2.05, 4.69) is 0 Å². The van der Waals surface area contributed by atoms with Gasteiger partial charge in [-0.2, -0.15) is 0 Å². The number of carbonyl (C=O) groups is 1. The number of hydrogen-bond acceptors (Lipinski definition) is 6. The molecule has 0 radical (unpaired) electrons. The lowest BCUT2D eigenvalue weighted by Gasteiger charge is -2.28. The molecule has 0 saturated heterocycles. The molecule has 1 atom stereocenters. The first kappa shape index (κ1) is 19.9. The van der Waals surface area contributed by atoms with Crippen molar-refractivity contribution in [1.29, 1.82) is 0 Å². The minimum Gasteiger partial charge on any atom is -0.482 e. The van der Waals surface area contributed by atoms with Crippen molar-refractivity contribution in [3.8, 4) is 5.75 Å². The van der Waals surface area contributed by atoms with Crippen molar-refractivity contribution in [1.82, 2.24) is 0 Å². The molecule has 0 aliphatic heterocycles. The van der Waals surface area contributed by atoms with E-state index in [4.69, 9.17) is 15.2 Å². The summed E-state index contributed by atoms with van der Waals surface area (Å²) in [6.07, 6.45) is 0.202. The van der Waals surface area contributed by atoms with Crippen LogP contribution in [0.4, 0.5) is 0 Å². The lowest BCUT2D eigenvalue weighted by atomic mass is 10.0. The Morgan fingerprint density at radius 3 is 2.19 bits per heavy atom. The van der Waals surface area contributed by atoms with E-state index in [0.717, 1.165) is 0 Å². The average Bonchev–Trinajstić information content (AvgIpc) is 2.67. The van der Waals surface area contributed by atoms with Crippen LogP contribution in [0.1, 0.15) is 25.8 Å². The van der Waals surface area contributed by atoms with Crippen LogP contribution in [0.25, 0.3) is 0 Å². The van der Waals surface area contributed by atoms with Gasteiger partial charge in [0.15, 0.2) is 6.61 Å². The van der Waals surface area contributed by atoms with Gasteiger partial charge in [-0.1, -0.05) is 37.3 Å². The average molecular weight is 377 g/mol. The standard InChI is InChI=1S/C19H23NO5S/c1-3-19(20,26(22,23)17-8-6-5-7-9-17)15-10-12-16(13-11-15)25-14-18(21)24-4-2/h5-13H,3-4,14,20H2,1-2H3. The van der Waals surface area contributed by atoms with E-state index >= 15 is 0 Å². The molecule has 0 aliphatic rings. The second-order valence-electron chi connectivity index (χ2n) is 5.68. The lowest BCUT2D eigenvalue weighted by molar-refractivity contribution is -0.145. The third-order valence-corrected chi connectivity index (χ3v) is 6.44. The van der Waals surface area contributed by atoms with E-state index in [9.17, 15) is 13.2 Å². The number of ether oxygens (including phenoxy) is 2. The lowest BCUT2D eigenvalue weighted by Crippen LogP contribution is -2.44. The normalized spacial score (nSPS) is 13.7. The van der Waals surface area contributed by atoms with Crippen LogP contribution in [0.2, 0.25) is 0 Å². The number of hydrogen-bond donors (Lipinski definition) is 1. The van der Waals surface area contributed by atoms with Gasteiger partial charge in [-0.15, -0.1) is 0 Å². The van der Waals surface area contributed by atoms with Gasteiger partial charge in [0.05, 0.1) is 11.5 Å². The van der Waals surface area contributed by atoms with Crippen LogP contribution in [-0.2, 0) is 24.2 Å². The summed E-state index contributed by atoms with van der Waals surface area (Å²) >= 11 is 0. The van der Waals surface area contributed by atoms with Crippen LogP contribution in [0.3, 0.4) is 0 Å². The fraction of sp³-hybridized carbons (Fsp3) is 0.316. The number of esters is 1. The monoisotopic (exact) mass is 377 g/mol. The van der Waals surface area contributed by atoms with E-state index in [-0.39, 0.29) is 24.5 Å². The molecule has 1 unspecified atom stereocenters. The Morgan fingerprint density at radius 2 is 1.65 bits per heavy atom. The van der Waals surface area contributed by atoms with Gasteiger partial charge >= 0.3 is 5.97 Å². The van der Waals surface area contributed by atoms with Crippen LogP contribution in [0, 0.1) is 0 Å². The zero-order valence-corrected chi connectivity index (χ0v) is 15.7. The molecule has 0 aromatic heterocycles. The fourth-order valence-electron chi connectivity index (χ4n) is 2.54. The minimum atomic E-state index is -3.79. The second kappa shape index (κ2) is 8.33. The quantitative estimate of drug-likeness (QED) is 0.711. The van der Waals surface area contributed by atoms with Gasteiger partial charge in [0, 0.05) is 0 Å². The van der Waals surface area contributed by atoms with Crippen LogP contribution in [0.15, 0.2) is 59.5 Å². The van der Waals surface area contributed by atoms with E-state index in [1.807, 2.05) is 0 Å². The summed E-state index contributed by atoms with van der Waals surface area (Å²) < 4.78 is 36.2. The fourth-order valence-corrected chi connectivity index (χ4v) is 4.30. The summed E-state index contributed by atoms with van der Waals surface area (Å²) in [4.78, 5) is 9.94. The molecule has 140 valence electrons. The van der Waals surface area contributed by atoms with Crippen molar-refractivity contribution < 1.29 is 22.7 Å². The molecule has 0 aliphatic carbocycles. The zero-order chi connectivity index (χ0) is 19.2. The van der Waals surface area contributed by atoms with Crippen LogP contribution in [-0.4, -0.2) is 27.6 Å². The Hall–Kier alpha value is -2.38. The number of nitrogens with two attached hydrogens (primary N) is 1. The maximum absolute atomic E-state index is 13.0. The van der Waals surface area contributed by atoms with Crippen molar-refractivity contribution in [2.75, 3.05) is 13.2 Å². The summed E-state index contributed by atoms with van der Waals surface area (Å²) in [5, 5.41) is 0. The van der Waals surface area contributed by atoms with Gasteiger partial charge in [-0.25, -0.2) is 13.2 Å². The smallest absolute Gasteiger partial charge is 0.344 e. The van der Waals surface area contributed by atoms with Crippen molar-refractivity contribution >= 4 is 15.8 Å². The Kier molecular flexibility index (Phi) is 6.39. The highest BCUT2D eigenvalue weighted by molar-refractivity contribution is 7.92. The van der Waals surface area contributed by atoms with E-state index in [1.54, 1.807) is 56.3 Å². The maximum Gasteiger partial charge on any atom is 0.344 e.